The van der Waals surface area contributed by atoms with Crippen LogP contribution in [0.4, 0.5) is 5.82 Å². The standard InChI is InChI=1S/C17H24N4/c1-3-18-13(2)14-8-10-21(11-9-14)17-16-7-5-4-6-15(16)12-19-20-17/h4-7,12-14,18H,3,8-11H2,1-2H3. The minimum Gasteiger partial charge on any atom is -0.355 e. The Labute approximate surface area is 126 Å². The molecular formula is C17H24N4. The van der Waals surface area contributed by atoms with Crippen molar-refractivity contribution in [2.75, 3.05) is 24.5 Å². The van der Waals surface area contributed by atoms with Gasteiger partial charge in [0, 0.05) is 29.9 Å². The molecule has 0 radical (unpaired) electrons. The number of rotatable bonds is 4. The largest absolute Gasteiger partial charge is 0.355 e. The van der Waals surface area contributed by atoms with Crippen molar-refractivity contribution in [1.29, 1.82) is 0 Å². The second kappa shape index (κ2) is 6.39. The zero-order valence-corrected chi connectivity index (χ0v) is 12.9. The predicted octanol–water partition coefficient (Wildman–Crippen LogP) is 2.84. The van der Waals surface area contributed by atoms with E-state index >= 15 is 0 Å². The first-order valence-electron chi connectivity index (χ1n) is 7.98. The Kier molecular flexibility index (Phi) is 4.34. The summed E-state index contributed by atoms with van der Waals surface area (Å²) in [5, 5.41) is 14.5. The molecule has 3 rings (SSSR count). The first-order chi connectivity index (χ1) is 10.3. The Hall–Kier alpha value is -1.68. The second-order valence-electron chi connectivity index (χ2n) is 5.93. The van der Waals surface area contributed by atoms with E-state index in [1.165, 1.54) is 23.6 Å². The van der Waals surface area contributed by atoms with Gasteiger partial charge in [-0.1, -0.05) is 31.2 Å². The van der Waals surface area contributed by atoms with Gasteiger partial charge in [0.15, 0.2) is 5.82 Å². The van der Waals surface area contributed by atoms with Gasteiger partial charge in [0.2, 0.25) is 0 Å². The fourth-order valence-electron chi connectivity index (χ4n) is 3.35. The van der Waals surface area contributed by atoms with Crippen LogP contribution in [0.1, 0.15) is 26.7 Å². The number of nitrogens with one attached hydrogen (secondary N) is 1. The van der Waals surface area contributed by atoms with Gasteiger partial charge in [-0.15, -0.1) is 5.10 Å². The van der Waals surface area contributed by atoms with Gasteiger partial charge in [0.25, 0.3) is 0 Å². The molecule has 2 heterocycles. The Morgan fingerprint density at radius 2 is 2.05 bits per heavy atom. The molecule has 4 heteroatoms. The first-order valence-corrected chi connectivity index (χ1v) is 7.98. The molecule has 0 saturated carbocycles. The molecule has 4 nitrogen and oxygen atoms in total. The average molecular weight is 284 g/mol. The summed E-state index contributed by atoms with van der Waals surface area (Å²) in [5.41, 5.74) is 0. The molecule has 0 bridgehead atoms. The minimum atomic E-state index is 0.607. The molecule has 1 N–H and O–H groups in total. The number of piperidine rings is 1. The highest BCUT2D eigenvalue weighted by atomic mass is 15.3. The smallest absolute Gasteiger partial charge is 0.159 e. The number of hydrogen-bond donors (Lipinski definition) is 1. The SMILES string of the molecule is CCNC(C)C1CCN(c2nncc3ccccc23)CC1. The van der Waals surface area contributed by atoms with E-state index in [0.29, 0.717) is 6.04 Å². The van der Waals surface area contributed by atoms with Gasteiger partial charge in [0.1, 0.15) is 0 Å². The number of nitrogens with zero attached hydrogens (tertiary/aromatic N) is 3. The summed E-state index contributed by atoms with van der Waals surface area (Å²) in [4.78, 5) is 2.39. The quantitative estimate of drug-likeness (QED) is 0.937. The van der Waals surface area contributed by atoms with Crippen molar-refractivity contribution in [3.05, 3.63) is 30.5 Å². The molecule has 1 aromatic carbocycles. The fraction of sp³-hybridized carbons (Fsp3) is 0.529. The number of hydrogen-bond acceptors (Lipinski definition) is 4. The van der Waals surface area contributed by atoms with Crippen molar-refractivity contribution >= 4 is 16.6 Å². The van der Waals surface area contributed by atoms with Gasteiger partial charge in [-0.3, -0.25) is 0 Å². The van der Waals surface area contributed by atoms with Crippen LogP contribution in [0.3, 0.4) is 0 Å². The summed E-state index contributed by atoms with van der Waals surface area (Å²) in [6, 6.07) is 8.99. The lowest BCUT2D eigenvalue weighted by molar-refractivity contribution is 0.314. The van der Waals surface area contributed by atoms with Crippen LogP contribution in [0.5, 0.6) is 0 Å². The van der Waals surface area contributed by atoms with Crippen LogP contribution >= 0.6 is 0 Å². The molecule has 0 aliphatic carbocycles. The third-order valence-electron chi connectivity index (χ3n) is 4.62. The van der Waals surface area contributed by atoms with E-state index in [4.69, 9.17) is 0 Å². The first kappa shape index (κ1) is 14.3. The zero-order chi connectivity index (χ0) is 14.7. The van der Waals surface area contributed by atoms with Gasteiger partial charge >= 0.3 is 0 Å². The maximum absolute atomic E-state index is 4.40. The summed E-state index contributed by atoms with van der Waals surface area (Å²) >= 11 is 0. The lowest BCUT2D eigenvalue weighted by Crippen LogP contribution is -2.42. The molecule has 1 aromatic heterocycles. The molecule has 1 aliphatic heterocycles. The Morgan fingerprint density at radius 1 is 1.29 bits per heavy atom. The molecule has 2 aromatic rings. The van der Waals surface area contributed by atoms with Crippen LogP contribution in [-0.2, 0) is 0 Å². The van der Waals surface area contributed by atoms with Gasteiger partial charge in [-0.05, 0) is 32.2 Å². The van der Waals surface area contributed by atoms with Crippen molar-refractivity contribution < 1.29 is 0 Å². The van der Waals surface area contributed by atoms with Crippen LogP contribution in [-0.4, -0.2) is 35.9 Å². The highest BCUT2D eigenvalue weighted by Crippen LogP contribution is 2.28. The molecule has 112 valence electrons. The summed E-state index contributed by atoms with van der Waals surface area (Å²) < 4.78 is 0. The van der Waals surface area contributed by atoms with Crippen molar-refractivity contribution in [1.82, 2.24) is 15.5 Å². The van der Waals surface area contributed by atoms with E-state index in [-0.39, 0.29) is 0 Å². The maximum Gasteiger partial charge on any atom is 0.159 e. The maximum atomic E-state index is 4.40. The topological polar surface area (TPSA) is 41.0 Å². The van der Waals surface area contributed by atoms with Crippen molar-refractivity contribution in [2.24, 2.45) is 5.92 Å². The average Bonchev–Trinajstić information content (AvgIpc) is 2.55. The van der Waals surface area contributed by atoms with Crippen molar-refractivity contribution in [3.63, 3.8) is 0 Å². The number of anilines is 1. The zero-order valence-electron chi connectivity index (χ0n) is 12.9. The summed E-state index contributed by atoms with van der Waals surface area (Å²) in [6.45, 7) is 7.68. The lowest BCUT2D eigenvalue weighted by Gasteiger charge is -2.35. The van der Waals surface area contributed by atoms with Gasteiger partial charge in [0.05, 0.1) is 6.20 Å². The summed E-state index contributed by atoms with van der Waals surface area (Å²) in [5.74, 6) is 1.81. The van der Waals surface area contributed by atoms with Crippen LogP contribution in [0.25, 0.3) is 10.8 Å². The van der Waals surface area contributed by atoms with E-state index in [1.54, 1.807) is 0 Å². The number of aromatic nitrogens is 2. The van der Waals surface area contributed by atoms with Crippen LogP contribution < -0.4 is 10.2 Å². The molecule has 1 atom stereocenters. The lowest BCUT2D eigenvalue weighted by atomic mass is 9.90. The van der Waals surface area contributed by atoms with E-state index < -0.39 is 0 Å². The second-order valence-corrected chi connectivity index (χ2v) is 5.93. The van der Waals surface area contributed by atoms with Crippen molar-refractivity contribution in [2.45, 2.75) is 32.7 Å². The molecule has 0 spiro atoms. The normalized spacial score (nSPS) is 18.1. The third-order valence-corrected chi connectivity index (χ3v) is 4.62. The van der Waals surface area contributed by atoms with Crippen molar-refractivity contribution in [3.8, 4) is 0 Å². The highest BCUT2D eigenvalue weighted by Gasteiger charge is 2.24. The van der Waals surface area contributed by atoms with E-state index in [0.717, 1.165) is 31.4 Å². The molecule has 1 fully saturated rings. The van der Waals surface area contributed by atoms with E-state index in [2.05, 4.69) is 58.5 Å². The molecular weight excluding hydrogens is 260 g/mol. The molecule has 1 saturated heterocycles. The Morgan fingerprint density at radius 3 is 2.81 bits per heavy atom. The highest BCUT2D eigenvalue weighted by molar-refractivity contribution is 5.91. The molecule has 1 unspecified atom stereocenters. The predicted molar refractivity (Wildman–Crippen MR) is 87.6 cm³/mol. The molecule has 1 aliphatic rings. The number of fused-ring (bicyclic) bond motifs is 1. The third kappa shape index (κ3) is 3.00. The van der Waals surface area contributed by atoms with Gasteiger partial charge < -0.3 is 10.2 Å². The van der Waals surface area contributed by atoms with Gasteiger partial charge in [-0.2, -0.15) is 5.10 Å². The van der Waals surface area contributed by atoms with Crippen LogP contribution in [0.2, 0.25) is 0 Å². The fourth-order valence-corrected chi connectivity index (χ4v) is 3.35. The van der Waals surface area contributed by atoms with Crippen LogP contribution in [0.15, 0.2) is 30.5 Å². The summed E-state index contributed by atoms with van der Waals surface area (Å²) in [7, 11) is 0. The Bertz CT molecular complexity index is 585. The van der Waals surface area contributed by atoms with Gasteiger partial charge in [-0.25, -0.2) is 0 Å². The minimum absolute atomic E-state index is 0.607. The summed E-state index contributed by atoms with van der Waals surface area (Å²) in [6.07, 6.45) is 4.29. The monoisotopic (exact) mass is 284 g/mol. The Balaban J connectivity index is 1.74. The van der Waals surface area contributed by atoms with E-state index in [1.807, 2.05) is 6.20 Å². The molecule has 0 amide bonds. The number of benzene rings is 1. The van der Waals surface area contributed by atoms with E-state index in [9.17, 15) is 0 Å². The van der Waals surface area contributed by atoms with Crippen LogP contribution in [0, 0.1) is 5.92 Å². The molecule has 21 heavy (non-hydrogen) atoms.